The van der Waals surface area contributed by atoms with Crippen LogP contribution in [0.25, 0.3) is 0 Å². The van der Waals surface area contributed by atoms with Crippen LogP contribution in [0.15, 0.2) is 114 Å². The number of carboxylic acid groups (broad SMARTS) is 2. The minimum atomic E-state index is -2.54. The molecule has 22 nitrogen and oxygen atoms in total. The van der Waals surface area contributed by atoms with E-state index in [1.807, 2.05) is 0 Å². The van der Waals surface area contributed by atoms with E-state index in [0.29, 0.717) is 6.08 Å². The molecule has 79 heavy (non-hydrogen) atoms. The molecule has 3 aliphatic carbocycles. The standard InChI is InChI=1S/C57H62N2O20/c1-30-37(76-53(72)46(44(33-17-10-7-11-18-33)59-50(68)34-19-12-8-13-20-34)77-42(66)23-16-24-58-40(63)25-36(51(69)70)26-41(64)65)28-57(73)49(78-52(71)35-21-14-9-15-22-35)47-55(6,38(62)27-39-56(47,29-74-39)79-32(3)61)48(67)45(75-31(2)60)43(30)54(57,4)5/h7-15,17-22,25,37-39,44-47,49,62,73H,16,23-24,26-29H2,1-6H3,(H,58,63)(H,59,68)(H,64,65)(H,69,70)/b36-25-/t37-,38-,39+,44+,45+,46+,47-,49-,55+,56-,57+/m0/s1. The number of esters is 5. The fourth-order valence-corrected chi connectivity index (χ4v) is 11.5. The van der Waals surface area contributed by atoms with Crippen molar-refractivity contribution in [2.45, 2.75) is 128 Å². The molecule has 2 saturated carbocycles. The number of carboxylic acids is 2. The number of Topliss-reactive ketones (excluding diaryl/α,β-unsaturated/α-hetero) is 1. The summed E-state index contributed by atoms with van der Waals surface area (Å²) in [5.41, 5.74) is -8.77. The first-order valence-corrected chi connectivity index (χ1v) is 25.4. The van der Waals surface area contributed by atoms with E-state index in [1.165, 1.54) is 64.1 Å². The van der Waals surface area contributed by atoms with Crippen molar-refractivity contribution < 1.29 is 96.8 Å². The summed E-state index contributed by atoms with van der Waals surface area (Å²) < 4.78 is 36.7. The van der Waals surface area contributed by atoms with Crippen LogP contribution in [0.4, 0.5) is 0 Å². The molecule has 22 heteroatoms. The van der Waals surface area contributed by atoms with Crippen LogP contribution in [0.3, 0.4) is 0 Å². The van der Waals surface area contributed by atoms with Gasteiger partial charge in [0.25, 0.3) is 5.91 Å². The molecule has 3 fully saturated rings. The average Bonchev–Trinajstić information content (AvgIpc) is 2.37. The zero-order valence-corrected chi connectivity index (χ0v) is 44.1. The lowest BCUT2D eigenvalue weighted by Gasteiger charge is -2.67. The van der Waals surface area contributed by atoms with Crippen LogP contribution < -0.4 is 10.6 Å². The van der Waals surface area contributed by atoms with Crippen molar-refractivity contribution in [2.24, 2.45) is 16.7 Å². The number of rotatable bonds is 19. The van der Waals surface area contributed by atoms with E-state index in [4.69, 9.17) is 33.5 Å². The molecular formula is C57H62N2O20. The molecule has 1 aliphatic heterocycles. The van der Waals surface area contributed by atoms with Crippen molar-refractivity contribution in [3.05, 3.63) is 130 Å². The number of benzene rings is 3. The second-order valence-corrected chi connectivity index (χ2v) is 20.8. The summed E-state index contributed by atoms with van der Waals surface area (Å²) >= 11 is 0. The van der Waals surface area contributed by atoms with Gasteiger partial charge in [-0.2, -0.15) is 0 Å². The number of carbonyl (C=O) groups is 10. The Labute approximate surface area is 453 Å². The summed E-state index contributed by atoms with van der Waals surface area (Å²) in [6.45, 7) is 7.29. The van der Waals surface area contributed by atoms with Gasteiger partial charge >= 0.3 is 41.8 Å². The van der Waals surface area contributed by atoms with Gasteiger partial charge in [-0.15, -0.1) is 0 Å². The van der Waals surface area contributed by atoms with Gasteiger partial charge in [0.2, 0.25) is 12.0 Å². The molecule has 3 aromatic rings. The van der Waals surface area contributed by atoms with E-state index in [2.05, 4.69) is 10.6 Å². The number of fused-ring (bicyclic) bond motifs is 5. The second-order valence-electron chi connectivity index (χ2n) is 20.8. The number of hydrogen-bond acceptors (Lipinski definition) is 18. The maximum Gasteiger partial charge on any atom is 0.350 e. The summed E-state index contributed by atoms with van der Waals surface area (Å²) in [6.07, 6.45) is -12.4. The molecule has 0 aromatic heterocycles. The van der Waals surface area contributed by atoms with Gasteiger partial charge in [0.1, 0.15) is 30.0 Å². The Morgan fingerprint density at radius 2 is 1.43 bits per heavy atom. The van der Waals surface area contributed by atoms with Crippen molar-refractivity contribution in [1.82, 2.24) is 10.6 Å². The number of ether oxygens (including phenoxy) is 6. The topological polar surface area (TPSA) is 331 Å². The Bertz CT molecular complexity index is 2960. The lowest BCUT2D eigenvalue weighted by atomic mass is 9.44. The predicted molar refractivity (Wildman–Crippen MR) is 272 cm³/mol. The molecule has 7 rings (SSSR count). The average molecular weight is 1100 g/mol. The third-order valence-electron chi connectivity index (χ3n) is 15.5. The molecule has 0 spiro atoms. The summed E-state index contributed by atoms with van der Waals surface area (Å²) in [7, 11) is 0. The minimum Gasteiger partial charge on any atom is -0.481 e. The van der Waals surface area contributed by atoms with Crippen molar-refractivity contribution in [3.8, 4) is 0 Å². The second kappa shape index (κ2) is 23.5. The molecule has 0 radical (unpaired) electrons. The highest BCUT2D eigenvalue weighted by Crippen LogP contribution is 2.64. The SMILES string of the molecule is CC(=O)O[C@H]1C(=O)[C@@]2(C)[C@H]([C@H](OC(=O)c3ccccc3)[C@]3(O)C[C@H](OC(=O)[C@H](OC(=O)CCCNC(=O)/C=C(/CC(=O)O)C(=O)O)[C@H](NC(=O)c4ccccc4)c4ccccc4)C(C)=C1C3(C)C)[C@]1(OC(C)=O)CO[C@@H]1C[C@@H]2O. The van der Waals surface area contributed by atoms with Gasteiger partial charge in [-0.1, -0.05) is 80.6 Å². The van der Waals surface area contributed by atoms with E-state index >= 15 is 9.59 Å². The lowest BCUT2D eigenvalue weighted by molar-refractivity contribution is -0.346. The van der Waals surface area contributed by atoms with Crippen LogP contribution in [0, 0.1) is 16.7 Å². The van der Waals surface area contributed by atoms with Crippen LogP contribution in [-0.4, -0.2) is 141 Å². The molecule has 4 aliphatic rings. The molecule has 2 amide bonds. The molecule has 1 heterocycles. The summed E-state index contributed by atoms with van der Waals surface area (Å²) in [6, 6.07) is 21.8. The smallest absolute Gasteiger partial charge is 0.350 e. The fourth-order valence-electron chi connectivity index (χ4n) is 11.5. The zero-order chi connectivity index (χ0) is 57.8. The largest absolute Gasteiger partial charge is 0.481 e. The Morgan fingerprint density at radius 1 is 0.823 bits per heavy atom. The highest BCUT2D eigenvalue weighted by molar-refractivity contribution is 6.00. The van der Waals surface area contributed by atoms with Crippen molar-refractivity contribution >= 4 is 59.4 Å². The quantitative estimate of drug-likeness (QED) is 0.0328. The number of nitrogens with one attached hydrogen (secondary N) is 2. The van der Waals surface area contributed by atoms with Gasteiger partial charge in [0, 0.05) is 56.7 Å². The molecule has 1 saturated heterocycles. The van der Waals surface area contributed by atoms with Gasteiger partial charge < -0.3 is 59.5 Å². The third-order valence-corrected chi connectivity index (χ3v) is 15.5. The monoisotopic (exact) mass is 1090 g/mol. The maximum atomic E-state index is 15.8. The Morgan fingerprint density at radius 3 is 1.99 bits per heavy atom. The first kappa shape index (κ1) is 58.6. The Hall–Kier alpha value is -8.08. The van der Waals surface area contributed by atoms with E-state index in [-0.39, 0.29) is 47.2 Å². The minimum absolute atomic E-state index is 0.00161. The molecule has 420 valence electrons. The van der Waals surface area contributed by atoms with Crippen LogP contribution in [0.5, 0.6) is 0 Å². The summed E-state index contributed by atoms with van der Waals surface area (Å²) in [4.78, 5) is 135. The van der Waals surface area contributed by atoms with Gasteiger partial charge in [-0.05, 0) is 61.2 Å². The maximum absolute atomic E-state index is 15.8. The van der Waals surface area contributed by atoms with Crippen LogP contribution in [0.2, 0.25) is 0 Å². The van der Waals surface area contributed by atoms with E-state index < -0.39 is 161 Å². The van der Waals surface area contributed by atoms with Gasteiger partial charge in [0.05, 0.1) is 41.6 Å². The molecular weight excluding hydrogens is 1030 g/mol. The number of ketones is 1. The number of aliphatic hydroxyl groups excluding tert-OH is 1. The number of hydrogen-bond donors (Lipinski definition) is 6. The summed E-state index contributed by atoms with van der Waals surface area (Å²) in [5, 5.41) is 49.7. The molecule has 2 bridgehead atoms. The highest BCUT2D eigenvalue weighted by atomic mass is 16.6. The van der Waals surface area contributed by atoms with Crippen molar-refractivity contribution in [2.75, 3.05) is 13.2 Å². The first-order valence-electron chi connectivity index (χ1n) is 25.4. The van der Waals surface area contributed by atoms with Gasteiger partial charge in [-0.25, -0.2) is 14.4 Å². The summed E-state index contributed by atoms with van der Waals surface area (Å²) in [5.74, 6) is -12.7. The predicted octanol–water partition coefficient (Wildman–Crippen LogP) is 3.67. The highest BCUT2D eigenvalue weighted by Gasteiger charge is 2.78. The van der Waals surface area contributed by atoms with Crippen molar-refractivity contribution in [3.63, 3.8) is 0 Å². The molecule has 6 N–H and O–H groups in total. The lowest BCUT2D eigenvalue weighted by Crippen LogP contribution is -2.82. The fraction of sp³-hybridized carbons (Fsp3) is 0.439. The zero-order valence-electron chi connectivity index (χ0n) is 44.1. The van der Waals surface area contributed by atoms with Crippen LogP contribution in [0.1, 0.15) is 106 Å². The number of aliphatic carboxylic acids is 2. The van der Waals surface area contributed by atoms with E-state index in [0.717, 1.165) is 13.8 Å². The molecule has 11 atom stereocenters. The molecule has 3 aromatic carbocycles. The number of carbonyl (C=O) groups excluding carboxylic acids is 8. The van der Waals surface area contributed by atoms with E-state index in [9.17, 15) is 53.7 Å². The normalized spacial score (nSPS) is 27.5. The first-order chi connectivity index (χ1) is 37.3. The third kappa shape index (κ3) is 11.7. The van der Waals surface area contributed by atoms with Gasteiger partial charge in [-0.3, -0.25) is 33.6 Å². The molecule has 0 unspecified atom stereocenters. The van der Waals surface area contributed by atoms with Crippen LogP contribution in [-0.2, 0) is 66.8 Å². The van der Waals surface area contributed by atoms with Gasteiger partial charge in [0.15, 0.2) is 17.5 Å². The number of aliphatic hydroxyl groups is 2. The van der Waals surface area contributed by atoms with Crippen LogP contribution >= 0.6 is 0 Å². The Kier molecular flexibility index (Phi) is 17.4. The van der Waals surface area contributed by atoms with E-state index in [1.54, 1.807) is 54.6 Å². The Balaban J connectivity index is 1.34. The number of amides is 2. The van der Waals surface area contributed by atoms with Crippen molar-refractivity contribution in [1.29, 1.82) is 0 Å².